The molecule has 4 N–H and O–H groups in total. The van der Waals surface area contributed by atoms with Gasteiger partial charge in [-0.25, -0.2) is 4.39 Å². The van der Waals surface area contributed by atoms with Crippen LogP contribution in [0, 0.1) is 0 Å². The number of carbonyl (C=O) groups is 1. The number of anilines is 1. The summed E-state index contributed by atoms with van der Waals surface area (Å²) in [5, 5.41) is 16.2. The normalized spacial score (nSPS) is 17.7. The lowest BCUT2D eigenvalue weighted by atomic mass is 10.0. The Balaban J connectivity index is 1.39. The summed E-state index contributed by atoms with van der Waals surface area (Å²) in [6.07, 6.45) is -6.24. The van der Waals surface area contributed by atoms with Gasteiger partial charge in [-0.2, -0.15) is 18.2 Å². The number of aromatic nitrogens is 2. The zero-order valence-electron chi connectivity index (χ0n) is 21.6. The summed E-state index contributed by atoms with van der Waals surface area (Å²) >= 11 is 1.10. The Bertz CT molecular complexity index is 1470. The molecule has 8 nitrogen and oxygen atoms in total. The minimum Gasteiger partial charge on any atom is -0.378 e. The van der Waals surface area contributed by atoms with Crippen LogP contribution in [0.5, 0.6) is 0 Å². The van der Waals surface area contributed by atoms with E-state index in [0.29, 0.717) is 40.8 Å². The van der Waals surface area contributed by atoms with Crippen molar-refractivity contribution >= 4 is 33.0 Å². The quantitative estimate of drug-likeness (QED) is 0.212. The molecule has 1 saturated heterocycles. The van der Waals surface area contributed by atoms with Gasteiger partial charge in [-0.1, -0.05) is 29.4 Å². The van der Waals surface area contributed by atoms with E-state index in [4.69, 9.17) is 4.52 Å². The van der Waals surface area contributed by atoms with E-state index < -0.39 is 24.8 Å². The number of carbonyl (C=O) groups excluding carboxylic acids is 1. The first kappa shape index (κ1) is 28.0. The standard InChI is InChI=1S/C27H28F4N6O2S/c1-32-12-15-5-7-16(8-6-15)26(38)34-14-22-36-25(37-39-22)24-18(11-27(29,30)31)17-3-2-4-21(23(17)40-24)35-20-9-10-33-13-19(20)28/h2-8,19-20,32-33,35H,9-14H2,1H3,(H,34,38)/t19-,20+/m0/s1. The van der Waals surface area contributed by atoms with Gasteiger partial charge in [0.1, 0.15) is 6.17 Å². The molecule has 212 valence electrons. The number of benzene rings is 2. The molecule has 2 aromatic heterocycles. The van der Waals surface area contributed by atoms with Crippen LogP contribution in [0.4, 0.5) is 23.2 Å². The Morgan fingerprint density at radius 2 is 1.98 bits per heavy atom. The molecule has 1 aliphatic rings. The van der Waals surface area contributed by atoms with Gasteiger partial charge in [0.25, 0.3) is 5.91 Å². The lowest BCUT2D eigenvalue weighted by Crippen LogP contribution is -2.45. The molecule has 1 aliphatic heterocycles. The molecule has 2 atom stereocenters. The highest BCUT2D eigenvalue weighted by molar-refractivity contribution is 7.23. The van der Waals surface area contributed by atoms with E-state index in [1.165, 1.54) is 0 Å². The molecule has 13 heteroatoms. The number of rotatable bonds is 9. The van der Waals surface area contributed by atoms with Crippen LogP contribution in [0.1, 0.15) is 33.8 Å². The average Bonchev–Trinajstić information content (AvgIpc) is 3.54. The lowest BCUT2D eigenvalue weighted by Gasteiger charge is -2.28. The molecule has 0 saturated carbocycles. The number of hydrogen-bond acceptors (Lipinski definition) is 8. The van der Waals surface area contributed by atoms with Crippen LogP contribution in [0.2, 0.25) is 0 Å². The highest BCUT2D eigenvalue weighted by Gasteiger charge is 2.33. The van der Waals surface area contributed by atoms with Gasteiger partial charge in [-0.05, 0) is 54.7 Å². The van der Waals surface area contributed by atoms with Gasteiger partial charge in [0, 0.05) is 18.7 Å². The van der Waals surface area contributed by atoms with Gasteiger partial charge >= 0.3 is 6.18 Å². The molecule has 2 aromatic carbocycles. The van der Waals surface area contributed by atoms with Crippen LogP contribution in [0.3, 0.4) is 0 Å². The third kappa shape index (κ3) is 6.43. The largest absolute Gasteiger partial charge is 0.393 e. The van der Waals surface area contributed by atoms with Crippen molar-refractivity contribution in [1.29, 1.82) is 0 Å². The molecule has 4 aromatic rings. The number of fused-ring (bicyclic) bond motifs is 1. The summed E-state index contributed by atoms with van der Waals surface area (Å²) in [5.74, 6) is -0.300. The minimum atomic E-state index is -4.48. The van der Waals surface area contributed by atoms with Crippen molar-refractivity contribution in [3.63, 3.8) is 0 Å². The molecule has 1 fully saturated rings. The van der Waals surface area contributed by atoms with Crippen molar-refractivity contribution in [3.8, 4) is 10.7 Å². The Kier molecular flexibility index (Phi) is 8.33. The molecule has 5 rings (SSSR count). The zero-order valence-corrected chi connectivity index (χ0v) is 22.4. The molecular weight excluding hydrogens is 548 g/mol. The summed E-state index contributed by atoms with van der Waals surface area (Å²) in [4.78, 5) is 17.0. The van der Waals surface area contributed by atoms with Gasteiger partial charge in [-0.3, -0.25) is 4.79 Å². The van der Waals surface area contributed by atoms with Crippen LogP contribution in [0.15, 0.2) is 47.0 Å². The van der Waals surface area contributed by atoms with Crippen LogP contribution in [0.25, 0.3) is 20.8 Å². The molecular formula is C27H28F4N6O2S. The first-order valence-electron chi connectivity index (χ1n) is 12.8. The summed E-state index contributed by atoms with van der Waals surface area (Å²) < 4.78 is 61.2. The Labute approximate surface area is 231 Å². The van der Waals surface area contributed by atoms with Crippen molar-refractivity contribution < 1.29 is 26.9 Å². The van der Waals surface area contributed by atoms with Crippen molar-refractivity contribution in [2.45, 2.75) is 44.3 Å². The maximum absolute atomic E-state index is 14.5. The van der Waals surface area contributed by atoms with E-state index in [1.54, 1.807) is 30.3 Å². The number of alkyl halides is 4. The number of hydrogen-bond donors (Lipinski definition) is 4. The van der Waals surface area contributed by atoms with E-state index in [0.717, 1.165) is 16.9 Å². The van der Waals surface area contributed by atoms with Crippen LogP contribution >= 0.6 is 11.3 Å². The Hall–Kier alpha value is -3.55. The summed E-state index contributed by atoms with van der Waals surface area (Å²) in [6.45, 7) is 1.44. The highest BCUT2D eigenvalue weighted by atomic mass is 32.1. The van der Waals surface area contributed by atoms with Gasteiger partial charge in [0.2, 0.25) is 11.7 Å². The fraction of sp³-hybridized carbons (Fsp3) is 0.370. The van der Waals surface area contributed by atoms with Gasteiger partial charge in [0.05, 0.1) is 34.3 Å². The minimum absolute atomic E-state index is 0.00250. The SMILES string of the molecule is CNCc1ccc(C(=O)NCc2nc(-c3sc4c(N[C@@H]5CCNC[C@@H]5F)cccc4c3CC(F)(F)F)no2)cc1. The third-order valence-corrected chi connectivity index (χ3v) is 7.89. The molecule has 0 bridgehead atoms. The molecule has 0 spiro atoms. The van der Waals surface area contributed by atoms with Crippen molar-refractivity contribution in [2.24, 2.45) is 0 Å². The van der Waals surface area contributed by atoms with Crippen LogP contribution in [-0.4, -0.2) is 54.6 Å². The fourth-order valence-corrected chi connectivity index (χ4v) is 5.90. The van der Waals surface area contributed by atoms with Gasteiger partial charge < -0.3 is 25.8 Å². The predicted octanol–water partition coefficient (Wildman–Crippen LogP) is 4.82. The molecule has 1 amide bonds. The highest BCUT2D eigenvalue weighted by Crippen LogP contribution is 2.43. The predicted molar refractivity (Wildman–Crippen MR) is 145 cm³/mol. The smallest absolute Gasteiger partial charge is 0.378 e. The number of piperidine rings is 1. The van der Waals surface area contributed by atoms with E-state index in [-0.39, 0.29) is 41.2 Å². The van der Waals surface area contributed by atoms with Crippen molar-refractivity contribution in [3.05, 3.63) is 65.0 Å². The van der Waals surface area contributed by atoms with Crippen molar-refractivity contribution in [2.75, 3.05) is 25.5 Å². The number of nitrogens with zero attached hydrogens (tertiary/aromatic N) is 2. The average molecular weight is 577 g/mol. The third-order valence-electron chi connectivity index (χ3n) is 6.61. The van der Waals surface area contributed by atoms with Crippen LogP contribution in [-0.2, 0) is 19.5 Å². The van der Waals surface area contributed by atoms with Crippen LogP contribution < -0.4 is 21.3 Å². The molecule has 40 heavy (non-hydrogen) atoms. The number of nitrogens with one attached hydrogen (secondary N) is 4. The maximum Gasteiger partial charge on any atom is 0.393 e. The summed E-state index contributed by atoms with van der Waals surface area (Å²) in [7, 11) is 1.83. The fourth-order valence-electron chi connectivity index (χ4n) is 4.68. The number of thiophene rings is 1. The number of halogens is 4. The molecule has 3 heterocycles. The van der Waals surface area contributed by atoms with E-state index in [2.05, 4.69) is 31.4 Å². The topological polar surface area (TPSA) is 104 Å². The Morgan fingerprint density at radius 1 is 1.18 bits per heavy atom. The van der Waals surface area contributed by atoms with Crippen molar-refractivity contribution in [1.82, 2.24) is 26.1 Å². The van der Waals surface area contributed by atoms with E-state index in [1.807, 2.05) is 19.2 Å². The van der Waals surface area contributed by atoms with E-state index in [9.17, 15) is 22.4 Å². The summed E-state index contributed by atoms with van der Waals surface area (Å²) in [6, 6.07) is 11.6. The number of amides is 1. The monoisotopic (exact) mass is 576 g/mol. The van der Waals surface area contributed by atoms with E-state index >= 15 is 0 Å². The lowest BCUT2D eigenvalue weighted by molar-refractivity contribution is -0.126. The summed E-state index contributed by atoms with van der Waals surface area (Å²) in [5.41, 5.74) is 2.05. The molecule has 0 radical (unpaired) electrons. The van der Waals surface area contributed by atoms with Gasteiger partial charge in [-0.15, -0.1) is 11.3 Å². The maximum atomic E-state index is 14.5. The second-order valence-corrected chi connectivity index (χ2v) is 10.6. The Morgan fingerprint density at radius 3 is 2.70 bits per heavy atom. The van der Waals surface area contributed by atoms with Gasteiger partial charge in [0.15, 0.2) is 0 Å². The molecule has 0 aliphatic carbocycles. The second-order valence-electron chi connectivity index (χ2n) is 9.57. The molecule has 0 unspecified atom stereocenters. The first-order valence-corrected chi connectivity index (χ1v) is 13.6. The first-order chi connectivity index (χ1) is 19.2. The second kappa shape index (κ2) is 11.9. The zero-order chi connectivity index (χ0) is 28.3.